The van der Waals surface area contributed by atoms with Crippen molar-refractivity contribution in [2.75, 3.05) is 11.1 Å². The average molecular weight is 362 g/mol. The Kier molecular flexibility index (Phi) is 3.38. The number of nitrogens with two attached hydrogens (primary N) is 1. The van der Waals surface area contributed by atoms with Crippen LogP contribution in [0.25, 0.3) is 0 Å². The van der Waals surface area contributed by atoms with Gasteiger partial charge in [-0.05, 0) is 31.9 Å². The van der Waals surface area contributed by atoms with E-state index in [0.717, 1.165) is 0 Å². The Labute approximate surface area is 112 Å². The van der Waals surface area contributed by atoms with E-state index in [0.29, 0.717) is 15.0 Å². The summed E-state index contributed by atoms with van der Waals surface area (Å²) >= 11 is 6.34. The van der Waals surface area contributed by atoms with Crippen LogP contribution < -0.4 is 11.1 Å². The number of H-pyrrole nitrogens is 1. The second-order valence-electron chi connectivity index (χ2n) is 2.99. The molecule has 1 amide bonds. The monoisotopic (exact) mass is 360 g/mol. The third kappa shape index (κ3) is 2.61. The van der Waals surface area contributed by atoms with Gasteiger partial charge in [0.2, 0.25) is 0 Å². The van der Waals surface area contributed by atoms with E-state index < -0.39 is 5.91 Å². The molecule has 0 saturated carbocycles. The minimum atomic E-state index is -0.433. The Morgan fingerprint density at radius 3 is 2.76 bits per heavy atom. The number of carbonyl (C=O) groups is 1. The predicted molar refractivity (Wildman–Crippen MR) is 68.4 cm³/mol. The number of aromatic nitrogens is 4. The van der Waals surface area contributed by atoms with Crippen LogP contribution in [0.15, 0.2) is 21.6 Å². The molecule has 0 unspecified atom stereocenters. The molecule has 0 aromatic carbocycles. The zero-order chi connectivity index (χ0) is 12.4. The van der Waals surface area contributed by atoms with Crippen LogP contribution in [-0.4, -0.2) is 26.1 Å². The first-order chi connectivity index (χ1) is 8.08. The first-order valence-corrected chi connectivity index (χ1v) is 5.94. The predicted octanol–water partition coefficient (Wildman–Crippen LogP) is 1.56. The Hall–Kier alpha value is -1.48. The summed E-state index contributed by atoms with van der Waals surface area (Å²) in [6, 6.07) is 0. The minimum Gasteiger partial charge on any atom is -0.396 e. The smallest absolute Gasteiger partial charge is 0.277 e. The van der Waals surface area contributed by atoms with E-state index >= 15 is 0 Å². The molecule has 0 fully saturated rings. The van der Waals surface area contributed by atoms with Gasteiger partial charge >= 0.3 is 0 Å². The highest BCUT2D eigenvalue weighted by molar-refractivity contribution is 9.11. The summed E-state index contributed by atoms with van der Waals surface area (Å²) in [6.07, 6.45) is 2.83. The van der Waals surface area contributed by atoms with Crippen LogP contribution in [0.5, 0.6) is 0 Å². The maximum Gasteiger partial charge on any atom is 0.277 e. The Bertz CT molecular complexity index is 569. The molecule has 0 aliphatic rings. The molecular formula is C8H6Br2N6O. The fraction of sp³-hybridized carbons (Fsp3) is 0. The molecule has 0 spiro atoms. The van der Waals surface area contributed by atoms with Crippen molar-refractivity contribution in [1.29, 1.82) is 0 Å². The van der Waals surface area contributed by atoms with E-state index in [2.05, 4.69) is 57.3 Å². The fourth-order valence-electron chi connectivity index (χ4n) is 1.08. The van der Waals surface area contributed by atoms with Gasteiger partial charge in [0.1, 0.15) is 14.9 Å². The second kappa shape index (κ2) is 4.80. The average Bonchev–Trinajstić information content (AvgIpc) is 2.68. The van der Waals surface area contributed by atoms with Gasteiger partial charge in [0, 0.05) is 0 Å². The number of nitrogen functional groups attached to an aromatic ring is 1. The number of aromatic amines is 1. The molecule has 0 aliphatic heterocycles. The molecule has 0 saturated heterocycles. The van der Waals surface area contributed by atoms with Crippen molar-refractivity contribution in [3.63, 3.8) is 0 Å². The van der Waals surface area contributed by atoms with Crippen LogP contribution in [-0.2, 0) is 0 Å². The molecular weight excluding hydrogens is 356 g/mol. The van der Waals surface area contributed by atoms with E-state index in [4.69, 9.17) is 5.73 Å². The lowest BCUT2D eigenvalue weighted by atomic mass is 10.3. The van der Waals surface area contributed by atoms with Crippen molar-refractivity contribution >= 4 is 49.3 Å². The molecule has 0 aliphatic carbocycles. The van der Waals surface area contributed by atoms with Crippen molar-refractivity contribution < 1.29 is 4.79 Å². The molecule has 2 aromatic heterocycles. The highest BCUT2D eigenvalue weighted by Crippen LogP contribution is 2.20. The van der Waals surface area contributed by atoms with E-state index in [9.17, 15) is 4.79 Å². The highest BCUT2D eigenvalue weighted by Gasteiger charge is 2.14. The Balaban J connectivity index is 2.22. The number of anilines is 2. The largest absolute Gasteiger partial charge is 0.396 e. The van der Waals surface area contributed by atoms with Crippen LogP contribution in [0.1, 0.15) is 10.5 Å². The van der Waals surface area contributed by atoms with Gasteiger partial charge in [0.25, 0.3) is 5.91 Å². The second-order valence-corrected chi connectivity index (χ2v) is 4.55. The van der Waals surface area contributed by atoms with E-state index in [1.807, 2.05) is 0 Å². The fourth-order valence-corrected chi connectivity index (χ4v) is 1.99. The van der Waals surface area contributed by atoms with E-state index in [1.165, 1.54) is 12.4 Å². The van der Waals surface area contributed by atoms with Crippen molar-refractivity contribution in [1.82, 2.24) is 20.2 Å². The quantitative estimate of drug-likeness (QED) is 0.751. The standard InChI is InChI=1S/C8H6Br2N6O/c9-4-2-12-7(6(10)14-4)15-8(17)5-3(11)1-13-16-5/h1-2H,11H2,(H,13,16)(H,12,15,17). The third-order valence-electron chi connectivity index (χ3n) is 1.83. The summed E-state index contributed by atoms with van der Waals surface area (Å²) < 4.78 is 0.974. The normalized spacial score (nSPS) is 10.2. The van der Waals surface area contributed by atoms with Gasteiger partial charge in [-0.3, -0.25) is 9.89 Å². The van der Waals surface area contributed by atoms with Gasteiger partial charge in [0.15, 0.2) is 5.82 Å². The lowest BCUT2D eigenvalue weighted by Crippen LogP contribution is -2.15. The lowest BCUT2D eigenvalue weighted by molar-refractivity contribution is 0.102. The van der Waals surface area contributed by atoms with Crippen LogP contribution in [0, 0.1) is 0 Å². The summed E-state index contributed by atoms with van der Waals surface area (Å²) in [4.78, 5) is 19.8. The SMILES string of the molecule is Nc1cn[nH]c1C(=O)Nc1ncc(Br)nc1Br. The topological polar surface area (TPSA) is 110 Å². The zero-order valence-electron chi connectivity index (χ0n) is 8.24. The molecule has 9 heteroatoms. The number of rotatable bonds is 2. The van der Waals surface area contributed by atoms with Gasteiger partial charge in [0.05, 0.1) is 18.1 Å². The van der Waals surface area contributed by atoms with Crippen molar-refractivity contribution in [2.24, 2.45) is 0 Å². The number of nitrogens with one attached hydrogen (secondary N) is 2. The third-order valence-corrected chi connectivity index (χ3v) is 2.76. The van der Waals surface area contributed by atoms with Crippen molar-refractivity contribution in [2.45, 2.75) is 0 Å². The molecule has 2 heterocycles. The maximum atomic E-state index is 11.8. The van der Waals surface area contributed by atoms with Crippen LogP contribution in [0.4, 0.5) is 11.5 Å². The van der Waals surface area contributed by atoms with E-state index in [-0.39, 0.29) is 11.4 Å². The van der Waals surface area contributed by atoms with Gasteiger partial charge in [-0.25, -0.2) is 9.97 Å². The molecule has 0 radical (unpaired) electrons. The molecule has 4 N–H and O–H groups in total. The number of amides is 1. The van der Waals surface area contributed by atoms with Crippen LogP contribution >= 0.6 is 31.9 Å². The first-order valence-electron chi connectivity index (χ1n) is 4.36. The van der Waals surface area contributed by atoms with Gasteiger partial charge < -0.3 is 11.1 Å². The van der Waals surface area contributed by atoms with Crippen LogP contribution in [0.3, 0.4) is 0 Å². The molecule has 0 bridgehead atoms. The molecule has 2 rings (SSSR count). The van der Waals surface area contributed by atoms with Gasteiger partial charge in [-0.1, -0.05) is 0 Å². The highest BCUT2D eigenvalue weighted by atomic mass is 79.9. The summed E-state index contributed by atoms with van der Waals surface area (Å²) in [5.74, 6) is -0.135. The molecule has 2 aromatic rings. The van der Waals surface area contributed by atoms with Crippen LogP contribution in [0.2, 0.25) is 0 Å². The maximum absolute atomic E-state index is 11.8. The van der Waals surface area contributed by atoms with Gasteiger partial charge in [-0.15, -0.1) is 0 Å². The Morgan fingerprint density at radius 2 is 2.18 bits per heavy atom. The number of hydrogen-bond acceptors (Lipinski definition) is 5. The minimum absolute atomic E-state index is 0.182. The van der Waals surface area contributed by atoms with Crippen molar-refractivity contribution in [3.05, 3.63) is 27.3 Å². The van der Waals surface area contributed by atoms with Crippen molar-refractivity contribution in [3.8, 4) is 0 Å². The summed E-state index contributed by atoms with van der Waals surface area (Å²) in [5.41, 5.74) is 6.00. The van der Waals surface area contributed by atoms with E-state index in [1.54, 1.807) is 0 Å². The number of carbonyl (C=O) groups excluding carboxylic acids is 1. The molecule has 88 valence electrons. The summed E-state index contributed by atoms with van der Waals surface area (Å²) in [7, 11) is 0. The summed E-state index contributed by atoms with van der Waals surface area (Å²) in [6.45, 7) is 0. The summed E-state index contributed by atoms with van der Waals surface area (Å²) in [5, 5.41) is 8.70. The first kappa shape index (κ1) is 12.0. The number of hydrogen-bond donors (Lipinski definition) is 3. The molecule has 0 atom stereocenters. The molecule has 17 heavy (non-hydrogen) atoms. The number of nitrogens with zero attached hydrogens (tertiary/aromatic N) is 3. The zero-order valence-corrected chi connectivity index (χ0v) is 11.4. The Morgan fingerprint density at radius 1 is 1.41 bits per heavy atom. The molecule has 7 nitrogen and oxygen atoms in total. The van der Waals surface area contributed by atoms with Gasteiger partial charge in [-0.2, -0.15) is 5.10 Å². The lowest BCUT2D eigenvalue weighted by Gasteiger charge is -2.04. The number of halogens is 2.